The predicted molar refractivity (Wildman–Crippen MR) is 70.1 cm³/mol. The average Bonchev–Trinajstić information content (AvgIpc) is 2.47. The molecular formula is C10H20N2OS2. The zero-order valence-corrected chi connectivity index (χ0v) is 11.5. The SMILES string of the molecule is CCC1(C)CSC(=NC(C)CS(C)=O)N1. The van der Waals surface area contributed by atoms with E-state index in [2.05, 4.69) is 24.2 Å². The molecule has 0 aromatic heterocycles. The molecule has 0 radical (unpaired) electrons. The molecule has 15 heavy (non-hydrogen) atoms. The van der Waals surface area contributed by atoms with Crippen molar-refractivity contribution < 1.29 is 4.21 Å². The van der Waals surface area contributed by atoms with Crippen LogP contribution in [0.3, 0.4) is 0 Å². The van der Waals surface area contributed by atoms with E-state index in [1.807, 2.05) is 6.92 Å². The first-order valence-corrected chi connectivity index (χ1v) is 7.95. The van der Waals surface area contributed by atoms with E-state index in [4.69, 9.17) is 0 Å². The van der Waals surface area contributed by atoms with Crippen LogP contribution in [-0.4, -0.2) is 38.7 Å². The van der Waals surface area contributed by atoms with Crippen LogP contribution < -0.4 is 5.32 Å². The van der Waals surface area contributed by atoms with Crippen molar-refractivity contribution in [1.29, 1.82) is 0 Å². The molecule has 0 aromatic carbocycles. The molecule has 0 bridgehead atoms. The Morgan fingerprint density at radius 3 is 2.87 bits per heavy atom. The topological polar surface area (TPSA) is 41.5 Å². The Labute approximate surface area is 99.0 Å². The van der Waals surface area contributed by atoms with Crippen molar-refractivity contribution in [3.63, 3.8) is 0 Å². The third kappa shape index (κ3) is 4.15. The first-order chi connectivity index (χ1) is 6.95. The van der Waals surface area contributed by atoms with Gasteiger partial charge in [0.05, 0.1) is 6.04 Å². The molecule has 3 unspecified atom stereocenters. The first-order valence-electron chi connectivity index (χ1n) is 5.24. The highest BCUT2D eigenvalue weighted by molar-refractivity contribution is 8.14. The average molecular weight is 248 g/mol. The lowest BCUT2D eigenvalue weighted by Gasteiger charge is -2.21. The third-order valence-electron chi connectivity index (χ3n) is 2.53. The van der Waals surface area contributed by atoms with Gasteiger partial charge in [0.2, 0.25) is 0 Å². The van der Waals surface area contributed by atoms with Crippen molar-refractivity contribution >= 4 is 27.7 Å². The van der Waals surface area contributed by atoms with E-state index < -0.39 is 10.8 Å². The Bertz CT molecular complexity index is 281. The summed E-state index contributed by atoms with van der Waals surface area (Å²) in [5, 5.41) is 4.45. The molecule has 0 spiro atoms. The van der Waals surface area contributed by atoms with Crippen molar-refractivity contribution in [1.82, 2.24) is 5.32 Å². The van der Waals surface area contributed by atoms with Gasteiger partial charge >= 0.3 is 0 Å². The minimum atomic E-state index is -0.761. The van der Waals surface area contributed by atoms with Crippen molar-refractivity contribution in [3.8, 4) is 0 Å². The van der Waals surface area contributed by atoms with Gasteiger partial charge in [0.1, 0.15) is 0 Å². The Hall–Kier alpha value is -0.0300. The number of nitrogens with one attached hydrogen (secondary N) is 1. The van der Waals surface area contributed by atoms with E-state index in [0.29, 0.717) is 5.75 Å². The maximum absolute atomic E-state index is 11.0. The maximum Gasteiger partial charge on any atom is 0.157 e. The number of amidine groups is 1. The van der Waals surface area contributed by atoms with E-state index >= 15 is 0 Å². The molecule has 88 valence electrons. The molecule has 1 saturated heterocycles. The Balaban J connectivity index is 2.52. The number of rotatable bonds is 4. The van der Waals surface area contributed by atoms with Gasteiger partial charge in [0, 0.05) is 34.1 Å². The second-order valence-electron chi connectivity index (χ2n) is 4.35. The number of thioether (sulfide) groups is 1. The summed E-state index contributed by atoms with van der Waals surface area (Å²) in [7, 11) is -0.761. The number of hydrogen-bond donors (Lipinski definition) is 1. The predicted octanol–water partition coefficient (Wildman–Crippen LogP) is 1.61. The highest BCUT2D eigenvalue weighted by atomic mass is 32.2. The summed E-state index contributed by atoms with van der Waals surface area (Å²) in [6.07, 6.45) is 2.83. The Morgan fingerprint density at radius 2 is 2.40 bits per heavy atom. The zero-order chi connectivity index (χ0) is 11.5. The summed E-state index contributed by atoms with van der Waals surface area (Å²) in [4.78, 5) is 4.53. The fraction of sp³-hybridized carbons (Fsp3) is 0.900. The summed E-state index contributed by atoms with van der Waals surface area (Å²) in [6, 6.07) is 0.144. The normalized spacial score (nSPS) is 32.7. The molecule has 1 N–H and O–H groups in total. The number of aliphatic imine (C=N–C) groups is 1. The van der Waals surface area contributed by atoms with E-state index in [9.17, 15) is 4.21 Å². The summed E-state index contributed by atoms with van der Waals surface area (Å²) >= 11 is 1.77. The van der Waals surface area contributed by atoms with Gasteiger partial charge in [-0.15, -0.1) is 0 Å². The minimum Gasteiger partial charge on any atom is -0.359 e. The molecule has 0 aliphatic carbocycles. The molecule has 1 heterocycles. The number of nitrogens with zero attached hydrogens (tertiary/aromatic N) is 1. The lowest BCUT2D eigenvalue weighted by atomic mass is 10.0. The summed E-state index contributed by atoms with van der Waals surface area (Å²) in [5.41, 5.74) is 0.189. The third-order valence-corrected chi connectivity index (χ3v) is 4.74. The molecule has 5 heteroatoms. The van der Waals surface area contributed by atoms with Crippen LogP contribution >= 0.6 is 11.8 Å². The van der Waals surface area contributed by atoms with Gasteiger partial charge in [-0.1, -0.05) is 18.7 Å². The van der Waals surface area contributed by atoms with Crippen LogP contribution in [0.25, 0.3) is 0 Å². The van der Waals surface area contributed by atoms with E-state index in [-0.39, 0.29) is 11.6 Å². The highest BCUT2D eigenvalue weighted by Crippen LogP contribution is 2.25. The second kappa shape index (κ2) is 5.34. The van der Waals surface area contributed by atoms with Gasteiger partial charge < -0.3 is 5.32 Å². The van der Waals surface area contributed by atoms with Crippen LogP contribution in [0, 0.1) is 0 Å². The summed E-state index contributed by atoms with van der Waals surface area (Å²) in [6.45, 7) is 6.41. The smallest absolute Gasteiger partial charge is 0.157 e. The largest absolute Gasteiger partial charge is 0.359 e. The minimum absolute atomic E-state index is 0.144. The van der Waals surface area contributed by atoms with E-state index in [1.165, 1.54) is 0 Å². The molecule has 0 amide bonds. The highest BCUT2D eigenvalue weighted by Gasteiger charge is 2.30. The van der Waals surface area contributed by atoms with Crippen LogP contribution in [0.5, 0.6) is 0 Å². The molecule has 0 saturated carbocycles. The number of hydrogen-bond acceptors (Lipinski definition) is 3. The molecule has 1 rings (SSSR count). The fourth-order valence-electron chi connectivity index (χ4n) is 1.40. The molecule has 3 nitrogen and oxygen atoms in total. The van der Waals surface area contributed by atoms with Crippen LogP contribution in [0.2, 0.25) is 0 Å². The van der Waals surface area contributed by atoms with E-state index in [1.54, 1.807) is 18.0 Å². The quantitative estimate of drug-likeness (QED) is 0.822. The second-order valence-corrected chi connectivity index (χ2v) is 6.79. The Morgan fingerprint density at radius 1 is 1.73 bits per heavy atom. The fourth-order valence-corrected chi connectivity index (χ4v) is 3.45. The van der Waals surface area contributed by atoms with Gasteiger partial charge in [0.25, 0.3) is 0 Å². The van der Waals surface area contributed by atoms with Gasteiger partial charge in [-0.3, -0.25) is 9.20 Å². The van der Waals surface area contributed by atoms with Crippen molar-refractivity contribution in [2.24, 2.45) is 4.99 Å². The summed E-state index contributed by atoms with van der Waals surface area (Å²) < 4.78 is 11.0. The Kier molecular flexibility index (Phi) is 4.64. The summed E-state index contributed by atoms with van der Waals surface area (Å²) in [5.74, 6) is 1.72. The van der Waals surface area contributed by atoms with Gasteiger partial charge in [0.15, 0.2) is 5.17 Å². The van der Waals surface area contributed by atoms with Gasteiger partial charge in [-0.25, -0.2) is 0 Å². The van der Waals surface area contributed by atoms with Crippen molar-refractivity contribution in [2.75, 3.05) is 17.8 Å². The van der Waals surface area contributed by atoms with E-state index in [0.717, 1.165) is 17.3 Å². The zero-order valence-electron chi connectivity index (χ0n) is 9.87. The molecule has 0 aromatic rings. The molecular weight excluding hydrogens is 228 g/mol. The molecule has 1 fully saturated rings. The molecule has 3 atom stereocenters. The molecule has 1 aliphatic heterocycles. The standard InChI is InChI=1S/C10H20N2OS2/c1-5-10(3)7-14-9(12-10)11-8(2)6-15(4)13/h8H,5-7H2,1-4H3,(H,11,12). The van der Waals surface area contributed by atoms with Gasteiger partial charge in [-0.05, 0) is 20.3 Å². The lowest BCUT2D eigenvalue weighted by molar-refractivity contribution is 0.466. The molecule has 1 aliphatic rings. The monoisotopic (exact) mass is 248 g/mol. The maximum atomic E-state index is 11.0. The van der Waals surface area contributed by atoms with Crippen LogP contribution in [0.1, 0.15) is 27.2 Å². The van der Waals surface area contributed by atoms with Crippen LogP contribution in [0.15, 0.2) is 4.99 Å². The first kappa shape index (κ1) is 13.0. The van der Waals surface area contributed by atoms with Gasteiger partial charge in [-0.2, -0.15) is 0 Å². The van der Waals surface area contributed by atoms with Crippen molar-refractivity contribution in [3.05, 3.63) is 0 Å². The van der Waals surface area contributed by atoms with Crippen LogP contribution in [-0.2, 0) is 10.8 Å². The lowest BCUT2D eigenvalue weighted by Crippen LogP contribution is -2.40. The van der Waals surface area contributed by atoms with Crippen LogP contribution in [0.4, 0.5) is 0 Å². The van der Waals surface area contributed by atoms with Crippen molar-refractivity contribution in [2.45, 2.75) is 38.8 Å².